The molecule has 29 heavy (non-hydrogen) atoms. The molecule has 7 nitrogen and oxygen atoms in total. The highest BCUT2D eigenvalue weighted by Crippen LogP contribution is 2.22. The van der Waals surface area contributed by atoms with E-state index in [0.717, 1.165) is 5.69 Å². The molecule has 0 aliphatic carbocycles. The van der Waals surface area contributed by atoms with E-state index in [9.17, 15) is 16.8 Å². The summed E-state index contributed by atoms with van der Waals surface area (Å²) in [5.74, 6) is -0.0313. The van der Waals surface area contributed by atoms with Crippen LogP contribution in [-0.2, 0) is 19.9 Å². The van der Waals surface area contributed by atoms with Crippen LogP contribution in [0.2, 0.25) is 0 Å². The van der Waals surface area contributed by atoms with Crippen molar-refractivity contribution in [2.24, 2.45) is 0 Å². The molecule has 0 atom stereocenters. The minimum atomic E-state index is -3.70. The van der Waals surface area contributed by atoms with E-state index in [0.29, 0.717) is 38.2 Å². The van der Waals surface area contributed by atoms with Crippen LogP contribution in [0, 0.1) is 11.3 Å². The maximum Gasteiger partial charge on any atom is 0.243 e. The second-order valence-electron chi connectivity index (χ2n) is 6.78. The van der Waals surface area contributed by atoms with Gasteiger partial charge >= 0.3 is 0 Å². The number of nitrogens with zero attached hydrogens (tertiary/aromatic N) is 3. The Morgan fingerprint density at radius 2 is 1.48 bits per heavy atom. The zero-order valence-corrected chi connectivity index (χ0v) is 17.8. The first-order valence-corrected chi connectivity index (χ1v) is 12.5. The molecular formula is C20H23N3O4S2. The van der Waals surface area contributed by atoms with Gasteiger partial charge in [0.15, 0.2) is 9.84 Å². The van der Waals surface area contributed by atoms with Crippen LogP contribution in [0.25, 0.3) is 0 Å². The average Bonchev–Trinajstić information content (AvgIpc) is 3.01. The van der Waals surface area contributed by atoms with Crippen LogP contribution in [0.1, 0.15) is 18.9 Å². The molecular weight excluding hydrogens is 410 g/mol. The summed E-state index contributed by atoms with van der Waals surface area (Å²) in [7, 11) is -7.07. The first-order chi connectivity index (χ1) is 13.8. The molecule has 3 rings (SSSR count). The van der Waals surface area contributed by atoms with E-state index in [-0.39, 0.29) is 15.5 Å². The van der Waals surface area contributed by atoms with Crippen LogP contribution in [0.3, 0.4) is 0 Å². The van der Waals surface area contributed by atoms with Crippen molar-refractivity contribution in [3.63, 3.8) is 0 Å². The molecule has 2 aromatic carbocycles. The molecule has 0 N–H and O–H groups in total. The average molecular weight is 434 g/mol. The fraction of sp³-hybridized carbons (Fsp3) is 0.350. The molecule has 2 aromatic rings. The summed E-state index contributed by atoms with van der Waals surface area (Å²) in [6, 6.07) is 14.8. The van der Waals surface area contributed by atoms with Gasteiger partial charge in [-0.3, -0.25) is 0 Å². The third-order valence-electron chi connectivity index (χ3n) is 5.02. The summed E-state index contributed by atoms with van der Waals surface area (Å²) in [5, 5.41) is 8.92. The van der Waals surface area contributed by atoms with Crippen molar-refractivity contribution >= 4 is 25.5 Å². The van der Waals surface area contributed by atoms with Crippen molar-refractivity contribution in [1.82, 2.24) is 4.31 Å². The summed E-state index contributed by atoms with van der Waals surface area (Å²) < 4.78 is 51.4. The second kappa shape index (κ2) is 8.53. The predicted octanol–water partition coefficient (Wildman–Crippen LogP) is 2.25. The molecule has 0 aromatic heterocycles. The zero-order chi connectivity index (χ0) is 21.1. The third-order valence-corrected chi connectivity index (χ3v) is 8.68. The topological polar surface area (TPSA) is 98.5 Å². The van der Waals surface area contributed by atoms with Gasteiger partial charge in [0, 0.05) is 31.9 Å². The van der Waals surface area contributed by atoms with Crippen molar-refractivity contribution in [3.05, 3.63) is 54.1 Å². The van der Waals surface area contributed by atoms with Gasteiger partial charge in [0.25, 0.3) is 0 Å². The van der Waals surface area contributed by atoms with Crippen LogP contribution in [0.15, 0.2) is 58.3 Å². The van der Waals surface area contributed by atoms with Crippen LogP contribution in [0.5, 0.6) is 0 Å². The summed E-state index contributed by atoms with van der Waals surface area (Å²) in [4.78, 5) is 2.33. The third kappa shape index (κ3) is 4.61. The lowest BCUT2D eigenvalue weighted by Gasteiger charge is -2.23. The first kappa shape index (κ1) is 21.3. The molecule has 0 unspecified atom stereocenters. The van der Waals surface area contributed by atoms with E-state index in [4.69, 9.17) is 5.26 Å². The van der Waals surface area contributed by atoms with Gasteiger partial charge in [0.1, 0.15) is 0 Å². The Morgan fingerprint density at radius 1 is 0.862 bits per heavy atom. The summed E-state index contributed by atoms with van der Waals surface area (Å²) in [6.07, 6.45) is 0.668. The fourth-order valence-electron chi connectivity index (χ4n) is 3.27. The van der Waals surface area contributed by atoms with E-state index >= 15 is 0 Å². The molecule has 1 aliphatic rings. The van der Waals surface area contributed by atoms with E-state index in [1.165, 1.54) is 28.6 Å². The molecule has 1 aliphatic heterocycles. The highest BCUT2D eigenvalue weighted by atomic mass is 32.2. The SMILES string of the molecule is CCS(=O)(=O)c1ccc(S(=O)(=O)N2CCCN(c3ccc(C#N)cc3)CC2)cc1. The Hall–Kier alpha value is -2.41. The molecule has 0 saturated carbocycles. The number of hydrogen-bond donors (Lipinski definition) is 0. The Balaban J connectivity index is 1.75. The Kier molecular flexibility index (Phi) is 6.27. The Labute approximate surface area is 172 Å². The highest BCUT2D eigenvalue weighted by Gasteiger charge is 2.27. The molecule has 1 fully saturated rings. The second-order valence-corrected chi connectivity index (χ2v) is 11.0. The van der Waals surface area contributed by atoms with E-state index in [1.807, 2.05) is 12.1 Å². The molecule has 0 amide bonds. The standard InChI is InChI=1S/C20H23N3O4S2/c1-2-28(24,25)19-8-10-20(11-9-19)29(26,27)23-13-3-12-22(14-15-23)18-6-4-17(16-21)5-7-18/h4-11H,2-3,12-15H2,1H3. The zero-order valence-electron chi connectivity index (χ0n) is 16.2. The lowest BCUT2D eigenvalue weighted by molar-refractivity contribution is 0.433. The van der Waals surface area contributed by atoms with Crippen LogP contribution in [-0.4, -0.2) is 53.1 Å². The number of benzene rings is 2. The lowest BCUT2D eigenvalue weighted by Crippen LogP contribution is -2.35. The van der Waals surface area contributed by atoms with Crippen LogP contribution >= 0.6 is 0 Å². The molecule has 154 valence electrons. The molecule has 0 bridgehead atoms. The van der Waals surface area contributed by atoms with Gasteiger partial charge in [0.2, 0.25) is 10.0 Å². The normalized spacial score (nSPS) is 16.2. The van der Waals surface area contributed by atoms with Crippen molar-refractivity contribution in [2.75, 3.05) is 36.8 Å². The highest BCUT2D eigenvalue weighted by molar-refractivity contribution is 7.91. The number of sulfonamides is 1. The van der Waals surface area contributed by atoms with Gasteiger partial charge in [-0.2, -0.15) is 9.57 Å². The Bertz CT molecular complexity index is 1100. The number of hydrogen-bond acceptors (Lipinski definition) is 6. The molecule has 1 heterocycles. The minimum absolute atomic E-state index is 0.0313. The maximum atomic E-state index is 13.0. The number of anilines is 1. The minimum Gasteiger partial charge on any atom is -0.370 e. The van der Waals surface area contributed by atoms with Crippen molar-refractivity contribution in [2.45, 2.75) is 23.1 Å². The fourth-order valence-corrected chi connectivity index (χ4v) is 5.63. The van der Waals surface area contributed by atoms with Crippen molar-refractivity contribution in [1.29, 1.82) is 5.26 Å². The number of nitriles is 1. The smallest absolute Gasteiger partial charge is 0.243 e. The van der Waals surface area contributed by atoms with E-state index in [2.05, 4.69) is 11.0 Å². The van der Waals surface area contributed by atoms with Crippen LogP contribution < -0.4 is 4.90 Å². The summed E-state index contributed by atoms with van der Waals surface area (Å²) >= 11 is 0. The van der Waals surface area contributed by atoms with E-state index in [1.54, 1.807) is 19.1 Å². The lowest BCUT2D eigenvalue weighted by atomic mass is 10.2. The Morgan fingerprint density at radius 3 is 2.07 bits per heavy atom. The van der Waals surface area contributed by atoms with Crippen molar-refractivity contribution < 1.29 is 16.8 Å². The van der Waals surface area contributed by atoms with Crippen molar-refractivity contribution in [3.8, 4) is 6.07 Å². The molecule has 0 spiro atoms. The van der Waals surface area contributed by atoms with Gasteiger partial charge in [-0.1, -0.05) is 6.92 Å². The molecule has 0 radical (unpaired) electrons. The predicted molar refractivity (Wildman–Crippen MR) is 111 cm³/mol. The van der Waals surface area contributed by atoms with Gasteiger partial charge in [0.05, 0.1) is 27.2 Å². The quantitative estimate of drug-likeness (QED) is 0.717. The van der Waals surface area contributed by atoms with Gasteiger partial charge in [-0.25, -0.2) is 16.8 Å². The molecule has 1 saturated heterocycles. The van der Waals surface area contributed by atoms with Gasteiger partial charge in [-0.15, -0.1) is 0 Å². The largest absolute Gasteiger partial charge is 0.370 e. The van der Waals surface area contributed by atoms with Gasteiger partial charge < -0.3 is 4.90 Å². The monoisotopic (exact) mass is 433 g/mol. The first-order valence-electron chi connectivity index (χ1n) is 9.36. The summed E-state index contributed by atoms with van der Waals surface area (Å²) in [6.45, 7) is 3.53. The maximum absolute atomic E-state index is 13.0. The number of rotatable bonds is 5. The summed E-state index contributed by atoms with van der Waals surface area (Å²) in [5.41, 5.74) is 1.54. The van der Waals surface area contributed by atoms with Crippen LogP contribution in [0.4, 0.5) is 5.69 Å². The number of sulfone groups is 1. The van der Waals surface area contributed by atoms with Gasteiger partial charge in [-0.05, 0) is 55.0 Å². The molecule has 9 heteroatoms. The van der Waals surface area contributed by atoms with E-state index < -0.39 is 19.9 Å².